The molecular weight excluding hydrogens is 454 g/mol. The molecule has 0 saturated heterocycles. The van der Waals surface area contributed by atoms with Crippen LogP contribution in [0, 0.1) is 0 Å². The smallest absolute Gasteiger partial charge is 0.259 e. The molecule has 2 N–H and O–H groups in total. The lowest BCUT2D eigenvalue weighted by Gasteiger charge is -2.09. The minimum absolute atomic E-state index is 0.141. The number of rotatable bonds is 8. The second-order valence-electron chi connectivity index (χ2n) is 6.12. The summed E-state index contributed by atoms with van der Waals surface area (Å²) in [7, 11) is 0. The predicted octanol–water partition coefficient (Wildman–Crippen LogP) is 5.24. The fourth-order valence-corrected chi connectivity index (χ4v) is 3.05. The first-order valence-corrected chi connectivity index (χ1v) is 10.0. The van der Waals surface area contributed by atoms with E-state index in [1.807, 2.05) is 72.8 Å². The highest BCUT2D eigenvalue weighted by atomic mass is 79.9. The van der Waals surface area contributed by atoms with Crippen LogP contribution in [0.25, 0.3) is 0 Å². The van der Waals surface area contributed by atoms with Gasteiger partial charge >= 0.3 is 0 Å². The standard InChI is InChI=1S/C22H19BrClN3O2/c23-20-12-17(8-11-21(20)29-15-16-6-9-18(24)10-7-16)13-26-27-22(28)14-25-19-4-2-1-3-5-19/h1-13,25H,14-15H2,(H,27,28)/b26-13-. The van der Waals surface area contributed by atoms with Crippen LogP contribution in [0.2, 0.25) is 5.02 Å². The average Bonchev–Trinajstić information content (AvgIpc) is 2.73. The van der Waals surface area contributed by atoms with E-state index in [1.165, 1.54) is 0 Å². The average molecular weight is 473 g/mol. The normalized spacial score (nSPS) is 10.7. The summed E-state index contributed by atoms with van der Waals surface area (Å²) in [5.41, 5.74) is 5.23. The molecule has 0 atom stereocenters. The van der Waals surface area contributed by atoms with E-state index in [9.17, 15) is 4.79 Å². The van der Waals surface area contributed by atoms with Crippen LogP contribution in [-0.2, 0) is 11.4 Å². The van der Waals surface area contributed by atoms with Gasteiger partial charge in [-0.15, -0.1) is 0 Å². The number of nitrogens with zero attached hydrogens (tertiary/aromatic N) is 1. The van der Waals surface area contributed by atoms with Gasteiger partial charge in [-0.1, -0.05) is 41.9 Å². The summed E-state index contributed by atoms with van der Waals surface area (Å²) in [6.45, 7) is 0.580. The molecule has 1 amide bonds. The molecule has 0 aromatic heterocycles. The van der Waals surface area contributed by atoms with Crippen LogP contribution in [0.3, 0.4) is 0 Å². The van der Waals surface area contributed by atoms with E-state index in [1.54, 1.807) is 6.21 Å². The molecule has 29 heavy (non-hydrogen) atoms. The van der Waals surface area contributed by atoms with Crippen LogP contribution >= 0.6 is 27.5 Å². The number of ether oxygens (including phenoxy) is 1. The lowest BCUT2D eigenvalue weighted by molar-refractivity contribution is -0.119. The van der Waals surface area contributed by atoms with Crippen LogP contribution in [0.5, 0.6) is 5.75 Å². The van der Waals surface area contributed by atoms with Crippen molar-refractivity contribution in [3.63, 3.8) is 0 Å². The van der Waals surface area contributed by atoms with E-state index >= 15 is 0 Å². The Hall–Kier alpha value is -2.83. The molecule has 5 nitrogen and oxygen atoms in total. The highest BCUT2D eigenvalue weighted by Gasteiger charge is 2.04. The van der Waals surface area contributed by atoms with Gasteiger partial charge in [0.25, 0.3) is 5.91 Å². The molecule has 0 bridgehead atoms. The maximum atomic E-state index is 11.8. The van der Waals surface area contributed by atoms with Crippen molar-refractivity contribution in [2.75, 3.05) is 11.9 Å². The van der Waals surface area contributed by atoms with Crippen LogP contribution in [-0.4, -0.2) is 18.7 Å². The van der Waals surface area contributed by atoms with Gasteiger partial charge in [-0.2, -0.15) is 5.10 Å². The second kappa shape index (κ2) is 10.6. The first kappa shape index (κ1) is 20.9. The Morgan fingerprint density at radius 2 is 1.83 bits per heavy atom. The summed E-state index contributed by atoms with van der Waals surface area (Å²) in [5.74, 6) is 0.486. The zero-order chi connectivity index (χ0) is 20.5. The largest absolute Gasteiger partial charge is 0.488 e. The van der Waals surface area contributed by atoms with Crippen LogP contribution in [0.15, 0.2) is 82.4 Å². The number of carbonyl (C=O) groups is 1. The maximum absolute atomic E-state index is 11.8. The van der Waals surface area contributed by atoms with Gasteiger partial charge in [0.05, 0.1) is 17.2 Å². The van der Waals surface area contributed by atoms with Crippen molar-refractivity contribution in [2.24, 2.45) is 5.10 Å². The Morgan fingerprint density at radius 1 is 1.07 bits per heavy atom. The van der Waals surface area contributed by atoms with Crippen molar-refractivity contribution in [1.29, 1.82) is 0 Å². The molecule has 0 radical (unpaired) electrons. The van der Waals surface area contributed by atoms with E-state index in [0.717, 1.165) is 21.3 Å². The SMILES string of the molecule is O=C(CNc1ccccc1)N/N=C\c1ccc(OCc2ccc(Cl)cc2)c(Br)c1. The Bertz CT molecular complexity index is 979. The molecule has 0 spiro atoms. The molecule has 0 aliphatic heterocycles. The number of nitrogens with one attached hydrogen (secondary N) is 2. The number of hydrazone groups is 1. The zero-order valence-corrected chi connectivity index (χ0v) is 17.8. The molecule has 148 valence electrons. The van der Waals surface area contributed by atoms with Crippen molar-refractivity contribution >= 4 is 45.3 Å². The van der Waals surface area contributed by atoms with Crippen LogP contribution in [0.1, 0.15) is 11.1 Å². The van der Waals surface area contributed by atoms with Gasteiger partial charge in [-0.3, -0.25) is 4.79 Å². The number of carbonyl (C=O) groups excluding carboxylic acids is 1. The molecule has 0 unspecified atom stereocenters. The molecule has 3 rings (SSSR count). The number of hydrogen-bond acceptors (Lipinski definition) is 4. The van der Waals surface area contributed by atoms with Gasteiger partial charge in [0, 0.05) is 10.7 Å². The first-order chi connectivity index (χ1) is 14.1. The number of anilines is 1. The topological polar surface area (TPSA) is 62.7 Å². The number of amides is 1. The third-order valence-electron chi connectivity index (χ3n) is 3.89. The van der Waals surface area contributed by atoms with E-state index in [2.05, 4.69) is 31.8 Å². The Balaban J connectivity index is 1.47. The highest BCUT2D eigenvalue weighted by molar-refractivity contribution is 9.10. The quantitative estimate of drug-likeness (QED) is 0.348. The van der Waals surface area contributed by atoms with Gasteiger partial charge in [-0.05, 0) is 69.5 Å². The van der Waals surface area contributed by atoms with E-state index in [4.69, 9.17) is 16.3 Å². The van der Waals surface area contributed by atoms with Crippen LogP contribution < -0.4 is 15.5 Å². The second-order valence-corrected chi connectivity index (χ2v) is 7.41. The van der Waals surface area contributed by atoms with Crippen molar-refractivity contribution in [3.8, 4) is 5.75 Å². The van der Waals surface area contributed by atoms with Crippen molar-refractivity contribution in [2.45, 2.75) is 6.61 Å². The molecule has 0 fully saturated rings. The minimum atomic E-state index is -0.230. The number of hydrogen-bond donors (Lipinski definition) is 2. The highest BCUT2D eigenvalue weighted by Crippen LogP contribution is 2.26. The van der Waals surface area contributed by atoms with Gasteiger partial charge in [0.1, 0.15) is 12.4 Å². The number of benzene rings is 3. The van der Waals surface area contributed by atoms with Crippen LogP contribution in [0.4, 0.5) is 5.69 Å². The lowest BCUT2D eigenvalue weighted by atomic mass is 10.2. The summed E-state index contributed by atoms with van der Waals surface area (Å²) < 4.78 is 6.62. The first-order valence-electron chi connectivity index (χ1n) is 8.88. The molecule has 0 aliphatic rings. The third-order valence-corrected chi connectivity index (χ3v) is 4.76. The van der Waals surface area contributed by atoms with Crippen molar-refractivity contribution in [3.05, 3.63) is 93.4 Å². The summed E-state index contributed by atoms with van der Waals surface area (Å²) in [6.07, 6.45) is 1.58. The Morgan fingerprint density at radius 3 is 2.55 bits per heavy atom. The maximum Gasteiger partial charge on any atom is 0.259 e. The van der Waals surface area contributed by atoms with Gasteiger partial charge < -0.3 is 10.1 Å². The molecule has 3 aromatic carbocycles. The molecule has 7 heteroatoms. The molecular formula is C22H19BrClN3O2. The molecule has 3 aromatic rings. The third kappa shape index (κ3) is 6.93. The van der Waals surface area contributed by atoms with E-state index < -0.39 is 0 Å². The monoisotopic (exact) mass is 471 g/mol. The summed E-state index contributed by atoms with van der Waals surface area (Å²) in [6, 6.07) is 22.6. The summed E-state index contributed by atoms with van der Waals surface area (Å²) in [5, 5.41) is 7.71. The molecule has 0 heterocycles. The Kier molecular flexibility index (Phi) is 7.67. The molecule has 0 saturated carbocycles. The van der Waals surface area contributed by atoms with Gasteiger partial charge in [-0.25, -0.2) is 5.43 Å². The van der Waals surface area contributed by atoms with Gasteiger partial charge in [0.15, 0.2) is 0 Å². The fraction of sp³-hybridized carbons (Fsp3) is 0.0909. The number of para-hydroxylation sites is 1. The molecule has 0 aliphatic carbocycles. The Labute approximate surface area is 182 Å². The van der Waals surface area contributed by atoms with Crippen molar-refractivity contribution < 1.29 is 9.53 Å². The number of halogens is 2. The van der Waals surface area contributed by atoms with Gasteiger partial charge in [0.2, 0.25) is 0 Å². The van der Waals surface area contributed by atoms with E-state index in [0.29, 0.717) is 17.4 Å². The summed E-state index contributed by atoms with van der Waals surface area (Å²) >= 11 is 9.39. The minimum Gasteiger partial charge on any atom is -0.488 e. The van der Waals surface area contributed by atoms with E-state index in [-0.39, 0.29) is 12.5 Å². The summed E-state index contributed by atoms with van der Waals surface area (Å²) in [4.78, 5) is 11.8. The zero-order valence-electron chi connectivity index (χ0n) is 15.4. The fourth-order valence-electron chi connectivity index (χ4n) is 2.41. The van der Waals surface area contributed by atoms with Crippen molar-refractivity contribution in [1.82, 2.24) is 5.43 Å². The predicted molar refractivity (Wildman–Crippen MR) is 121 cm³/mol. The lowest BCUT2D eigenvalue weighted by Crippen LogP contribution is -2.25.